The SMILES string of the molecule is O=C(N[P+](=O)OCc1cccc(OCC2CO2)c1)OCc1cccc(OCC2CO2)c1. The lowest BCUT2D eigenvalue weighted by molar-refractivity contribution is 0.144. The first kappa shape index (κ1) is 21.5. The fourth-order valence-corrected chi connectivity index (χ4v) is 3.12. The fraction of sp³-hybridized carbons (Fsp3) is 0.381. The molecule has 0 aromatic heterocycles. The second kappa shape index (κ2) is 10.5. The Balaban J connectivity index is 1.15. The molecule has 4 rings (SSSR count). The maximum Gasteiger partial charge on any atom is 0.649 e. The highest BCUT2D eigenvalue weighted by Gasteiger charge is 2.25. The number of hydrogen-bond acceptors (Lipinski definition) is 8. The molecule has 2 aromatic rings. The topological polar surface area (TPSA) is 108 Å². The van der Waals surface area contributed by atoms with Crippen molar-refractivity contribution in [1.82, 2.24) is 5.09 Å². The second-order valence-electron chi connectivity index (χ2n) is 7.05. The lowest BCUT2D eigenvalue weighted by Gasteiger charge is -2.07. The monoisotopic (exact) mass is 448 g/mol. The molecule has 3 atom stereocenters. The zero-order valence-electron chi connectivity index (χ0n) is 16.7. The van der Waals surface area contributed by atoms with E-state index in [-0.39, 0.29) is 25.4 Å². The van der Waals surface area contributed by atoms with Gasteiger partial charge in [0, 0.05) is 0 Å². The van der Waals surface area contributed by atoms with Gasteiger partial charge in [0.25, 0.3) is 0 Å². The van der Waals surface area contributed by atoms with Crippen molar-refractivity contribution in [1.29, 1.82) is 0 Å². The predicted octanol–water partition coefficient (Wildman–Crippen LogP) is 3.34. The molecule has 0 spiro atoms. The van der Waals surface area contributed by atoms with E-state index in [0.29, 0.717) is 24.7 Å². The standard InChI is InChI=1S/C21H22NO8P/c23-21(29-9-15-3-1-5-17(7-15)25-11-19-13-27-19)22-31(24)30-10-16-4-2-6-18(8-16)26-12-20-14-28-20/h1-8,19-20H,9-14H2/p+1. The molecule has 0 saturated carbocycles. The molecule has 1 amide bonds. The number of epoxide rings is 2. The molecule has 0 radical (unpaired) electrons. The summed E-state index contributed by atoms with van der Waals surface area (Å²) in [6.07, 6.45) is -0.508. The van der Waals surface area contributed by atoms with Crippen LogP contribution < -0.4 is 14.6 Å². The van der Waals surface area contributed by atoms with E-state index < -0.39 is 14.3 Å². The van der Waals surface area contributed by atoms with E-state index in [4.69, 9.17) is 28.2 Å². The largest absolute Gasteiger partial charge is 0.649 e. The smallest absolute Gasteiger partial charge is 0.491 e. The van der Waals surface area contributed by atoms with Gasteiger partial charge in [0.2, 0.25) is 0 Å². The maximum absolute atomic E-state index is 12.0. The number of carbonyl (C=O) groups excluding carboxylic acids is 1. The van der Waals surface area contributed by atoms with E-state index in [0.717, 1.165) is 24.3 Å². The van der Waals surface area contributed by atoms with Crippen LogP contribution in [0.1, 0.15) is 11.1 Å². The summed E-state index contributed by atoms with van der Waals surface area (Å²) in [4.78, 5) is 11.9. The van der Waals surface area contributed by atoms with Crippen LogP contribution >= 0.6 is 8.18 Å². The van der Waals surface area contributed by atoms with Crippen LogP contribution in [-0.2, 0) is 36.5 Å². The zero-order valence-corrected chi connectivity index (χ0v) is 17.6. The second-order valence-corrected chi connectivity index (χ2v) is 8.04. The maximum atomic E-state index is 12.0. The molecule has 31 heavy (non-hydrogen) atoms. The summed E-state index contributed by atoms with van der Waals surface area (Å²) in [5, 5.41) is 2.18. The van der Waals surface area contributed by atoms with Gasteiger partial charge in [0.05, 0.1) is 13.2 Å². The zero-order chi connectivity index (χ0) is 21.5. The van der Waals surface area contributed by atoms with Gasteiger partial charge in [-0.15, -0.1) is 4.52 Å². The lowest BCUT2D eigenvalue weighted by atomic mass is 10.2. The first-order valence-corrected chi connectivity index (χ1v) is 11.0. The highest BCUT2D eigenvalue weighted by atomic mass is 31.1. The van der Waals surface area contributed by atoms with Gasteiger partial charge in [-0.2, -0.15) is 0 Å². The van der Waals surface area contributed by atoms with Gasteiger partial charge >= 0.3 is 14.3 Å². The van der Waals surface area contributed by atoms with E-state index in [1.165, 1.54) is 0 Å². The summed E-state index contributed by atoms with van der Waals surface area (Å²) in [7, 11) is -2.43. The van der Waals surface area contributed by atoms with Crippen molar-refractivity contribution in [3.63, 3.8) is 0 Å². The number of nitrogens with one attached hydrogen (secondary N) is 1. The molecule has 9 nitrogen and oxygen atoms in total. The molecule has 2 heterocycles. The van der Waals surface area contributed by atoms with Gasteiger partial charge in [0.15, 0.2) is 0 Å². The van der Waals surface area contributed by atoms with Crippen LogP contribution in [0.4, 0.5) is 4.79 Å². The third kappa shape index (κ3) is 7.80. The minimum Gasteiger partial charge on any atom is -0.491 e. The van der Waals surface area contributed by atoms with Gasteiger partial charge in [-0.05, 0) is 40.0 Å². The molecule has 3 unspecified atom stereocenters. The van der Waals surface area contributed by atoms with E-state index in [1.807, 2.05) is 24.3 Å². The van der Waals surface area contributed by atoms with Gasteiger partial charge in [0.1, 0.15) is 50.1 Å². The Morgan fingerprint density at radius 2 is 1.48 bits per heavy atom. The Bertz CT molecular complexity index is 842. The van der Waals surface area contributed by atoms with Crippen LogP contribution in [0.15, 0.2) is 48.5 Å². The molecule has 2 fully saturated rings. The van der Waals surface area contributed by atoms with Crippen molar-refractivity contribution in [3.05, 3.63) is 59.7 Å². The van der Waals surface area contributed by atoms with Crippen molar-refractivity contribution >= 4 is 14.3 Å². The minimum atomic E-state index is -2.43. The Kier molecular flexibility index (Phi) is 7.32. The minimum absolute atomic E-state index is 0.0101. The number of hydrogen-bond donors (Lipinski definition) is 1. The number of benzene rings is 2. The summed E-state index contributed by atoms with van der Waals surface area (Å²) >= 11 is 0. The van der Waals surface area contributed by atoms with Crippen molar-refractivity contribution in [3.8, 4) is 11.5 Å². The van der Waals surface area contributed by atoms with E-state index in [2.05, 4.69) is 5.09 Å². The van der Waals surface area contributed by atoms with Crippen LogP contribution in [0.3, 0.4) is 0 Å². The van der Waals surface area contributed by atoms with Crippen LogP contribution in [-0.4, -0.2) is 44.7 Å². The van der Waals surface area contributed by atoms with Crippen molar-refractivity contribution in [2.75, 3.05) is 26.4 Å². The summed E-state index contributed by atoms with van der Waals surface area (Å²) in [5.74, 6) is 1.34. The molecule has 10 heteroatoms. The van der Waals surface area contributed by atoms with E-state index in [9.17, 15) is 9.36 Å². The summed E-state index contributed by atoms with van der Waals surface area (Å²) in [5.41, 5.74) is 1.51. The summed E-state index contributed by atoms with van der Waals surface area (Å²) in [6.45, 7) is 2.49. The molecule has 2 aliphatic rings. The number of amides is 1. The van der Waals surface area contributed by atoms with Crippen LogP contribution in [0.25, 0.3) is 0 Å². The molecule has 2 saturated heterocycles. The van der Waals surface area contributed by atoms with E-state index >= 15 is 0 Å². The molecular formula is C21H23NO8P+. The van der Waals surface area contributed by atoms with Gasteiger partial charge in [-0.3, -0.25) is 0 Å². The summed E-state index contributed by atoms with van der Waals surface area (Å²) in [6, 6.07) is 14.4. The predicted molar refractivity (Wildman–Crippen MR) is 109 cm³/mol. The van der Waals surface area contributed by atoms with E-state index in [1.54, 1.807) is 24.3 Å². The first-order chi connectivity index (χ1) is 15.1. The van der Waals surface area contributed by atoms with Gasteiger partial charge in [-0.25, -0.2) is 4.79 Å². The molecule has 0 aliphatic carbocycles. The van der Waals surface area contributed by atoms with Crippen LogP contribution in [0, 0.1) is 0 Å². The Hall–Kier alpha value is -2.71. The first-order valence-electron chi connectivity index (χ1n) is 9.84. The quantitative estimate of drug-likeness (QED) is 0.389. The Labute approximate surface area is 180 Å². The van der Waals surface area contributed by atoms with Gasteiger partial charge < -0.3 is 23.7 Å². The number of ether oxygens (including phenoxy) is 5. The third-order valence-corrected chi connectivity index (χ3v) is 5.10. The average molecular weight is 448 g/mol. The van der Waals surface area contributed by atoms with Crippen LogP contribution in [0.2, 0.25) is 0 Å². The fourth-order valence-electron chi connectivity index (χ4n) is 2.58. The molecule has 2 aliphatic heterocycles. The van der Waals surface area contributed by atoms with Crippen molar-refractivity contribution in [2.24, 2.45) is 0 Å². The number of carbonyl (C=O) groups is 1. The third-order valence-electron chi connectivity index (χ3n) is 4.37. The number of rotatable bonds is 12. The van der Waals surface area contributed by atoms with Crippen molar-refractivity contribution in [2.45, 2.75) is 25.4 Å². The Morgan fingerprint density at radius 3 is 2.03 bits per heavy atom. The van der Waals surface area contributed by atoms with Crippen LogP contribution in [0.5, 0.6) is 11.5 Å². The lowest BCUT2D eigenvalue weighted by Crippen LogP contribution is -2.17. The molecule has 2 aromatic carbocycles. The molecule has 0 bridgehead atoms. The average Bonchev–Trinajstić information content (AvgIpc) is 3.69. The molecule has 1 N–H and O–H groups in total. The van der Waals surface area contributed by atoms with Crippen molar-refractivity contribution < 1.29 is 37.6 Å². The highest BCUT2D eigenvalue weighted by Crippen LogP contribution is 2.23. The van der Waals surface area contributed by atoms with Gasteiger partial charge in [-0.1, -0.05) is 29.4 Å². The molecule has 164 valence electrons. The summed E-state index contributed by atoms with van der Waals surface area (Å²) < 4.78 is 43.7. The normalized spacial score (nSPS) is 19.3. The highest BCUT2D eigenvalue weighted by molar-refractivity contribution is 7.37. The molecular weight excluding hydrogens is 425 g/mol. The Morgan fingerprint density at radius 1 is 0.935 bits per heavy atom.